The van der Waals surface area contributed by atoms with Crippen LogP contribution in [0.2, 0.25) is 0 Å². The minimum atomic E-state index is -0.0730. The Morgan fingerprint density at radius 3 is 2.75 bits per heavy atom. The standard InChI is InChI=1S/C10H16O2/c1-7(2)9-5-4-8(3)6-10(11)12-9/h8H,4-6H2,1-3H3. The molecule has 0 amide bonds. The first-order valence-electron chi connectivity index (χ1n) is 4.46. The Labute approximate surface area is 73.6 Å². The molecular weight excluding hydrogens is 152 g/mol. The lowest BCUT2D eigenvalue weighted by Gasteiger charge is -2.04. The Hall–Kier alpha value is -0.790. The zero-order chi connectivity index (χ0) is 9.14. The van der Waals surface area contributed by atoms with Gasteiger partial charge in [0.2, 0.25) is 0 Å². The molecule has 1 unspecified atom stereocenters. The van der Waals surface area contributed by atoms with E-state index in [9.17, 15) is 4.79 Å². The van der Waals surface area contributed by atoms with Crippen LogP contribution in [0.3, 0.4) is 0 Å². The van der Waals surface area contributed by atoms with Crippen molar-refractivity contribution < 1.29 is 9.53 Å². The topological polar surface area (TPSA) is 26.3 Å². The number of cyclic esters (lactones) is 1. The molecule has 2 heteroatoms. The fraction of sp³-hybridized carbons (Fsp3) is 0.700. The average molecular weight is 168 g/mol. The lowest BCUT2D eigenvalue weighted by Crippen LogP contribution is -2.04. The molecule has 0 aromatic carbocycles. The van der Waals surface area contributed by atoms with Crippen molar-refractivity contribution >= 4 is 5.97 Å². The third-order valence-electron chi connectivity index (χ3n) is 2.17. The van der Waals surface area contributed by atoms with E-state index < -0.39 is 0 Å². The molecule has 0 N–H and O–H groups in total. The number of ether oxygens (including phenoxy) is 1. The number of carbonyl (C=O) groups excluding carboxylic acids is 1. The first kappa shape index (κ1) is 9.30. The number of allylic oxidation sites excluding steroid dienone is 2. The number of rotatable bonds is 0. The van der Waals surface area contributed by atoms with Gasteiger partial charge in [0.05, 0.1) is 0 Å². The molecule has 0 aromatic heterocycles. The van der Waals surface area contributed by atoms with Gasteiger partial charge in [0, 0.05) is 12.8 Å². The Balaban J connectivity index is 2.72. The fourth-order valence-electron chi connectivity index (χ4n) is 1.35. The van der Waals surface area contributed by atoms with Crippen LogP contribution in [0.5, 0.6) is 0 Å². The molecule has 1 saturated heterocycles. The van der Waals surface area contributed by atoms with Crippen molar-refractivity contribution in [3.05, 3.63) is 11.3 Å². The highest BCUT2D eigenvalue weighted by Crippen LogP contribution is 2.23. The number of hydrogen-bond donors (Lipinski definition) is 0. The van der Waals surface area contributed by atoms with E-state index in [1.165, 1.54) is 0 Å². The van der Waals surface area contributed by atoms with E-state index in [1.807, 2.05) is 13.8 Å². The second-order valence-electron chi connectivity index (χ2n) is 3.75. The molecule has 12 heavy (non-hydrogen) atoms. The van der Waals surface area contributed by atoms with E-state index in [-0.39, 0.29) is 5.97 Å². The summed E-state index contributed by atoms with van der Waals surface area (Å²) < 4.78 is 5.18. The predicted molar refractivity (Wildman–Crippen MR) is 47.5 cm³/mol. The molecule has 68 valence electrons. The largest absolute Gasteiger partial charge is 0.431 e. The Morgan fingerprint density at radius 1 is 1.50 bits per heavy atom. The van der Waals surface area contributed by atoms with E-state index in [2.05, 4.69) is 6.92 Å². The van der Waals surface area contributed by atoms with Crippen LogP contribution in [0.15, 0.2) is 11.3 Å². The van der Waals surface area contributed by atoms with Crippen molar-refractivity contribution in [2.24, 2.45) is 5.92 Å². The Bertz CT molecular complexity index is 212. The molecule has 1 aliphatic rings. The lowest BCUT2D eigenvalue weighted by atomic mass is 10.0. The molecule has 1 aliphatic heterocycles. The van der Waals surface area contributed by atoms with Gasteiger partial charge in [-0.3, -0.25) is 4.79 Å². The van der Waals surface area contributed by atoms with Gasteiger partial charge in [-0.25, -0.2) is 0 Å². The van der Waals surface area contributed by atoms with E-state index in [0.29, 0.717) is 12.3 Å². The van der Waals surface area contributed by atoms with Gasteiger partial charge in [0.1, 0.15) is 5.76 Å². The summed E-state index contributed by atoms with van der Waals surface area (Å²) >= 11 is 0. The molecule has 1 fully saturated rings. The monoisotopic (exact) mass is 168 g/mol. The average Bonchev–Trinajstić information content (AvgIpc) is 2.11. The molecule has 0 bridgehead atoms. The molecular formula is C10H16O2. The molecule has 0 saturated carbocycles. The van der Waals surface area contributed by atoms with E-state index in [4.69, 9.17) is 4.74 Å². The molecule has 0 radical (unpaired) electrons. The fourth-order valence-corrected chi connectivity index (χ4v) is 1.35. The maximum Gasteiger partial charge on any atom is 0.311 e. The highest BCUT2D eigenvalue weighted by Gasteiger charge is 2.18. The molecule has 0 aliphatic carbocycles. The van der Waals surface area contributed by atoms with Crippen LogP contribution in [0.4, 0.5) is 0 Å². The summed E-state index contributed by atoms with van der Waals surface area (Å²) in [7, 11) is 0. The van der Waals surface area contributed by atoms with Gasteiger partial charge in [-0.1, -0.05) is 6.92 Å². The third-order valence-corrected chi connectivity index (χ3v) is 2.17. The Morgan fingerprint density at radius 2 is 2.17 bits per heavy atom. The SMILES string of the molecule is CC(C)=C1CCC(C)CC(=O)O1. The summed E-state index contributed by atoms with van der Waals surface area (Å²) in [5, 5.41) is 0. The van der Waals surface area contributed by atoms with Gasteiger partial charge in [-0.15, -0.1) is 0 Å². The van der Waals surface area contributed by atoms with E-state index in [0.717, 1.165) is 24.2 Å². The van der Waals surface area contributed by atoms with Crippen LogP contribution in [0.1, 0.15) is 40.0 Å². The van der Waals surface area contributed by atoms with Crippen LogP contribution in [-0.2, 0) is 9.53 Å². The van der Waals surface area contributed by atoms with Crippen LogP contribution in [0.25, 0.3) is 0 Å². The second-order valence-corrected chi connectivity index (χ2v) is 3.75. The van der Waals surface area contributed by atoms with Gasteiger partial charge in [0.15, 0.2) is 0 Å². The molecule has 0 aromatic rings. The normalized spacial score (nSPS) is 24.8. The first-order valence-corrected chi connectivity index (χ1v) is 4.46. The zero-order valence-electron chi connectivity index (χ0n) is 8.02. The second kappa shape index (κ2) is 3.74. The minimum Gasteiger partial charge on any atom is -0.431 e. The van der Waals surface area contributed by atoms with Gasteiger partial charge in [-0.05, 0) is 31.8 Å². The number of carbonyl (C=O) groups is 1. The maximum absolute atomic E-state index is 11.2. The summed E-state index contributed by atoms with van der Waals surface area (Å²) in [4.78, 5) is 11.2. The van der Waals surface area contributed by atoms with Crippen molar-refractivity contribution in [2.45, 2.75) is 40.0 Å². The van der Waals surface area contributed by atoms with Crippen LogP contribution in [-0.4, -0.2) is 5.97 Å². The highest BCUT2D eigenvalue weighted by molar-refractivity contribution is 5.71. The summed E-state index contributed by atoms with van der Waals surface area (Å²) in [6.45, 7) is 6.06. The van der Waals surface area contributed by atoms with Crippen molar-refractivity contribution in [1.29, 1.82) is 0 Å². The smallest absolute Gasteiger partial charge is 0.311 e. The van der Waals surface area contributed by atoms with E-state index >= 15 is 0 Å². The number of hydrogen-bond acceptors (Lipinski definition) is 2. The van der Waals surface area contributed by atoms with Gasteiger partial charge in [-0.2, -0.15) is 0 Å². The summed E-state index contributed by atoms with van der Waals surface area (Å²) in [5.74, 6) is 1.27. The number of esters is 1. The van der Waals surface area contributed by atoms with Crippen molar-refractivity contribution in [1.82, 2.24) is 0 Å². The maximum atomic E-state index is 11.2. The predicted octanol–water partition coefficient (Wildman–Crippen LogP) is 2.64. The van der Waals surface area contributed by atoms with Crippen LogP contribution >= 0.6 is 0 Å². The quantitative estimate of drug-likeness (QED) is 0.520. The highest BCUT2D eigenvalue weighted by atomic mass is 16.5. The van der Waals surface area contributed by atoms with Gasteiger partial charge < -0.3 is 4.74 Å². The third kappa shape index (κ3) is 2.36. The lowest BCUT2D eigenvalue weighted by molar-refractivity contribution is -0.139. The van der Waals surface area contributed by atoms with Crippen LogP contribution < -0.4 is 0 Å². The molecule has 1 rings (SSSR count). The minimum absolute atomic E-state index is 0.0730. The van der Waals surface area contributed by atoms with Gasteiger partial charge >= 0.3 is 5.97 Å². The molecule has 1 heterocycles. The molecule has 2 nitrogen and oxygen atoms in total. The first-order chi connectivity index (χ1) is 5.59. The van der Waals surface area contributed by atoms with Crippen molar-refractivity contribution in [2.75, 3.05) is 0 Å². The Kier molecular flexibility index (Phi) is 2.90. The van der Waals surface area contributed by atoms with Crippen molar-refractivity contribution in [3.63, 3.8) is 0 Å². The summed E-state index contributed by atoms with van der Waals surface area (Å²) in [5.41, 5.74) is 1.12. The van der Waals surface area contributed by atoms with Crippen LogP contribution in [0, 0.1) is 5.92 Å². The molecule has 0 spiro atoms. The zero-order valence-corrected chi connectivity index (χ0v) is 8.02. The summed E-state index contributed by atoms with van der Waals surface area (Å²) in [6, 6.07) is 0. The molecule has 1 atom stereocenters. The van der Waals surface area contributed by atoms with Crippen molar-refractivity contribution in [3.8, 4) is 0 Å². The van der Waals surface area contributed by atoms with E-state index in [1.54, 1.807) is 0 Å². The van der Waals surface area contributed by atoms with Gasteiger partial charge in [0.25, 0.3) is 0 Å². The summed E-state index contributed by atoms with van der Waals surface area (Å²) in [6.07, 6.45) is 2.54.